The van der Waals surface area contributed by atoms with Crippen molar-refractivity contribution in [2.45, 2.75) is 88.1 Å². The van der Waals surface area contributed by atoms with Crippen LogP contribution in [-0.2, 0) is 9.59 Å². The Bertz CT molecular complexity index is 1260. The van der Waals surface area contributed by atoms with E-state index in [1.54, 1.807) is 0 Å². The summed E-state index contributed by atoms with van der Waals surface area (Å²) >= 11 is 0. The van der Waals surface area contributed by atoms with Crippen molar-refractivity contribution in [2.75, 3.05) is 0 Å². The summed E-state index contributed by atoms with van der Waals surface area (Å²) in [5.41, 5.74) is -30.0. The standard InChI is InChI=1S/C17F26N2O2/c18-3(6(19,20)17(41,42)43,4(44-1-46)7(21,22)11(29,30)15(37,38)12(31,32)8(4,23)24)5(45-2-47)9(25,26)13(33,34)16(39,40)14(35,36)10(5,27)28. The van der Waals surface area contributed by atoms with Gasteiger partial charge in [-0.25, -0.2) is 14.0 Å². The molecule has 0 bridgehead atoms. The second kappa shape index (κ2) is 9.13. The average Bonchev–Trinajstić information content (AvgIpc) is 2.86. The van der Waals surface area contributed by atoms with Gasteiger partial charge in [0, 0.05) is 0 Å². The summed E-state index contributed by atoms with van der Waals surface area (Å²) < 4.78 is 376. The molecule has 0 aromatic heterocycles. The number of rotatable bonds is 5. The fourth-order valence-corrected chi connectivity index (χ4v) is 4.83. The molecule has 4 nitrogen and oxygen atoms in total. The van der Waals surface area contributed by atoms with Gasteiger partial charge in [0.15, 0.2) is 0 Å². The van der Waals surface area contributed by atoms with E-state index < -0.39 is 100 Å². The van der Waals surface area contributed by atoms with Crippen molar-refractivity contribution < 1.29 is 124 Å². The first-order valence-electron chi connectivity index (χ1n) is 10.2. The Kier molecular flexibility index (Phi) is 7.80. The Balaban J connectivity index is 3.88. The van der Waals surface area contributed by atoms with Crippen molar-refractivity contribution in [3.05, 3.63) is 0 Å². The first kappa shape index (κ1) is 40.1. The summed E-state index contributed by atoms with van der Waals surface area (Å²) in [6.45, 7) is 0. The van der Waals surface area contributed by atoms with Crippen molar-refractivity contribution in [2.24, 2.45) is 9.98 Å². The van der Waals surface area contributed by atoms with Gasteiger partial charge in [0.25, 0.3) is 16.7 Å². The number of hydrogen-bond acceptors (Lipinski definition) is 4. The van der Waals surface area contributed by atoms with E-state index in [1.807, 2.05) is 0 Å². The molecular formula is C17F26N2O2. The van der Waals surface area contributed by atoms with E-state index >= 15 is 39.5 Å². The monoisotopic (exact) mass is 758 g/mol. The van der Waals surface area contributed by atoms with Gasteiger partial charge in [-0.2, -0.15) is 120 Å². The Labute approximate surface area is 235 Å². The minimum atomic E-state index is -10.5. The lowest BCUT2D eigenvalue weighted by Crippen LogP contribution is -2.99. The summed E-state index contributed by atoms with van der Waals surface area (Å²) in [5.74, 6) is -103. The number of aliphatic imine (C=N–C) groups is 2. The predicted octanol–water partition coefficient (Wildman–Crippen LogP) is 7.42. The molecule has 2 saturated carbocycles. The molecule has 2 fully saturated rings. The van der Waals surface area contributed by atoms with Gasteiger partial charge >= 0.3 is 71.3 Å². The Hall–Kier alpha value is -3.06. The van der Waals surface area contributed by atoms with Crippen molar-refractivity contribution in [3.63, 3.8) is 0 Å². The third-order valence-corrected chi connectivity index (χ3v) is 7.18. The molecule has 0 radical (unpaired) electrons. The van der Waals surface area contributed by atoms with Crippen LogP contribution in [0.25, 0.3) is 0 Å². The maximum absolute atomic E-state index is 16.6. The second-order valence-corrected chi connectivity index (χ2v) is 9.30. The van der Waals surface area contributed by atoms with Gasteiger partial charge in [0.1, 0.15) is 0 Å². The molecule has 0 saturated heterocycles. The Morgan fingerprint density at radius 2 is 0.511 bits per heavy atom. The number of carbonyl (C=O) groups excluding carboxylic acids is 2. The summed E-state index contributed by atoms with van der Waals surface area (Å²) in [5, 5.41) is 0. The molecule has 0 aromatic rings. The highest BCUT2D eigenvalue weighted by atomic mass is 19.4. The van der Waals surface area contributed by atoms with Gasteiger partial charge < -0.3 is 0 Å². The molecule has 2 aliphatic rings. The number of hydrogen-bond donors (Lipinski definition) is 0. The summed E-state index contributed by atoms with van der Waals surface area (Å²) in [7, 11) is 0. The fourth-order valence-electron chi connectivity index (χ4n) is 4.83. The van der Waals surface area contributed by atoms with Crippen LogP contribution < -0.4 is 0 Å². The van der Waals surface area contributed by atoms with Crippen LogP contribution >= 0.6 is 0 Å². The topological polar surface area (TPSA) is 58.9 Å². The van der Waals surface area contributed by atoms with Crippen LogP contribution in [0.15, 0.2) is 9.98 Å². The van der Waals surface area contributed by atoms with Crippen molar-refractivity contribution >= 4 is 12.2 Å². The highest BCUT2D eigenvalue weighted by molar-refractivity contribution is 5.53. The van der Waals surface area contributed by atoms with Gasteiger partial charge in [0.05, 0.1) is 0 Å². The lowest BCUT2D eigenvalue weighted by Gasteiger charge is -2.64. The zero-order valence-electron chi connectivity index (χ0n) is 20.0. The maximum atomic E-state index is 16.6. The van der Waals surface area contributed by atoms with E-state index in [1.165, 1.54) is 0 Å². The van der Waals surface area contributed by atoms with Crippen LogP contribution in [0.4, 0.5) is 114 Å². The quantitative estimate of drug-likeness (QED) is 0.167. The molecule has 0 unspecified atom stereocenters. The van der Waals surface area contributed by atoms with Crippen molar-refractivity contribution in [3.8, 4) is 0 Å². The van der Waals surface area contributed by atoms with Crippen molar-refractivity contribution in [1.29, 1.82) is 0 Å². The van der Waals surface area contributed by atoms with Crippen LogP contribution in [0.3, 0.4) is 0 Å². The van der Waals surface area contributed by atoms with Crippen LogP contribution in [-0.4, -0.2) is 100 Å². The van der Waals surface area contributed by atoms with Crippen LogP contribution in [0.1, 0.15) is 0 Å². The highest BCUT2D eigenvalue weighted by Gasteiger charge is 3.15. The van der Waals surface area contributed by atoms with E-state index in [-0.39, 0.29) is 9.98 Å². The zero-order chi connectivity index (χ0) is 38.3. The zero-order valence-corrected chi connectivity index (χ0v) is 20.0. The van der Waals surface area contributed by atoms with Crippen LogP contribution in [0, 0.1) is 0 Å². The van der Waals surface area contributed by atoms with Crippen LogP contribution in [0.2, 0.25) is 0 Å². The van der Waals surface area contributed by atoms with E-state index in [9.17, 15) is 84.2 Å². The van der Waals surface area contributed by atoms with Crippen LogP contribution in [0.5, 0.6) is 0 Å². The lowest BCUT2D eigenvalue weighted by molar-refractivity contribution is -0.524. The highest BCUT2D eigenvalue weighted by Crippen LogP contribution is 2.81. The first-order chi connectivity index (χ1) is 20.1. The second-order valence-electron chi connectivity index (χ2n) is 9.30. The molecule has 0 N–H and O–H groups in total. The van der Waals surface area contributed by atoms with Gasteiger partial charge in [0.2, 0.25) is 12.2 Å². The van der Waals surface area contributed by atoms with E-state index in [0.717, 1.165) is 0 Å². The molecule has 2 aliphatic carbocycles. The van der Waals surface area contributed by atoms with Gasteiger partial charge in [-0.1, -0.05) is 0 Å². The number of halogens is 26. The minimum absolute atomic E-state index is 0.0928. The van der Waals surface area contributed by atoms with E-state index in [2.05, 4.69) is 0 Å². The van der Waals surface area contributed by atoms with E-state index in [4.69, 9.17) is 0 Å². The van der Waals surface area contributed by atoms with E-state index in [0.29, 0.717) is 0 Å². The van der Waals surface area contributed by atoms with Gasteiger partial charge in [-0.3, -0.25) is 0 Å². The summed E-state index contributed by atoms with van der Waals surface area (Å²) in [4.78, 5) is 21.1. The summed E-state index contributed by atoms with van der Waals surface area (Å²) in [6.07, 6.45) is -12.3. The number of alkyl halides is 26. The maximum Gasteiger partial charge on any atom is 0.457 e. The largest absolute Gasteiger partial charge is 0.457 e. The average molecular weight is 758 g/mol. The van der Waals surface area contributed by atoms with Crippen molar-refractivity contribution in [1.82, 2.24) is 0 Å². The smallest absolute Gasteiger partial charge is 0.230 e. The van der Waals surface area contributed by atoms with Gasteiger partial charge in [-0.05, 0) is 0 Å². The molecule has 47 heavy (non-hydrogen) atoms. The molecule has 0 aromatic carbocycles. The molecule has 2 rings (SSSR count). The minimum Gasteiger partial charge on any atom is -0.230 e. The fraction of sp³-hybridized carbons (Fsp3) is 0.882. The third kappa shape index (κ3) is 3.24. The summed E-state index contributed by atoms with van der Waals surface area (Å²) in [6, 6.07) is 0. The molecule has 30 heteroatoms. The normalized spacial score (nSPS) is 30.9. The molecule has 0 atom stereocenters. The molecule has 0 heterocycles. The lowest BCUT2D eigenvalue weighted by atomic mass is 9.49. The number of isocyanates is 2. The molecule has 0 amide bonds. The molecular weight excluding hydrogens is 758 g/mol. The predicted molar refractivity (Wildman–Crippen MR) is 86.0 cm³/mol. The molecule has 0 aliphatic heterocycles. The third-order valence-electron chi connectivity index (χ3n) is 7.18. The van der Waals surface area contributed by atoms with Gasteiger partial charge in [-0.15, -0.1) is 0 Å². The first-order valence-corrected chi connectivity index (χ1v) is 10.2. The SMILES string of the molecule is O=C=NC1(C(F)(C(F)(F)C(F)(F)F)C2(N=C=O)C(F)(F)C(F)(F)C(F)(F)C(F)(F)C2(F)F)C(F)(F)C(F)(F)C(F)(F)C(F)(F)C1(F)F. The molecule has 272 valence electrons. The Morgan fingerprint density at radius 1 is 0.340 bits per heavy atom. The number of nitrogens with zero attached hydrogens (tertiary/aromatic N) is 2. The molecule has 0 spiro atoms. The Morgan fingerprint density at radius 3 is 0.660 bits per heavy atom.